The molecule has 6 heteroatoms. The summed E-state index contributed by atoms with van der Waals surface area (Å²) in [7, 11) is 0. The zero-order valence-corrected chi connectivity index (χ0v) is 37.0. The SMILES string of the molecule is CCCC(=O)c1ccccc1[N-]c1cc(C(C)(C)C)cc(C(C)(C)C)c1[NH-].[CH2-]c1c([N-]c2ccccc2C(=O)CCC)cc(C(C)(C)C)cc1C(C)(C)C.[Ni]. The van der Waals surface area contributed by atoms with Crippen molar-refractivity contribution in [1.29, 1.82) is 0 Å². The van der Waals surface area contributed by atoms with Crippen molar-refractivity contribution < 1.29 is 26.1 Å². The first-order valence-electron chi connectivity index (χ1n) is 19.5. The molecule has 1 N–H and O–H groups in total. The molecule has 0 aliphatic heterocycles. The fourth-order valence-electron chi connectivity index (χ4n) is 6.19. The smallest absolute Gasteiger partial charge is 0.161 e. The van der Waals surface area contributed by atoms with E-state index in [-0.39, 0.29) is 49.7 Å². The molecule has 4 rings (SSSR count). The summed E-state index contributed by atoms with van der Waals surface area (Å²) >= 11 is 0. The molecule has 0 spiro atoms. The third-order valence-corrected chi connectivity index (χ3v) is 9.54. The summed E-state index contributed by atoms with van der Waals surface area (Å²) in [4.78, 5) is 25.0. The van der Waals surface area contributed by atoms with Crippen LogP contribution in [0.2, 0.25) is 0 Å². The summed E-state index contributed by atoms with van der Waals surface area (Å²) in [5.74, 6) is 0.247. The van der Waals surface area contributed by atoms with Crippen LogP contribution in [-0.4, -0.2) is 11.6 Å². The van der Waals surface area contributed by atoms with Gasteiger partial charge in [-0.15, -0.1) is 29.1 Å². The summed E-state index contributed by atoms with van der Waals surface area (Å²) in [6, 6.07) is 23.6. The molecule has 0 saturated heterocycles. The number of carbonyl (C=O) groups is 2. The Morgan fingerprint density at radius 2 is 0.909 bits per heavy atom. The van der Waals surface area contributed by atoms with Crippen LogP contribution in [0.5, 0.6) is 0 Å². The second-order valence-corrected chi connectivity index (χ2v) is 18.5. The Balaban J connectivity index is 0.000000373. The number of hydrogen-bond acceptors (Lipinski definition) is 2. The van der Waals surface area contributed by atoms with Crippen LogP contribution in [0.1, 0.15) is 171 Å². The predicted octanol–water partition coefficient (Wildman–Crippen LogP) is 16.1. The molecule has 0 bridgehead atoms. The van der Waals surface area contributed by atoms with Crippen molar-refractivity contribution in [1.82, 2.24) is 0 Å². The van der Waals surface area contributed by atoms with E-state index >= 15 is 0 Å². The first kappa shape index (κ1) is 47.1. The van der Waals surface area contributed by atoms with E-state index in [9.17, 15) is 9.59 Å². The Hall–Kier alpha value is -4.02. The van der Waals surface area contributed by atoms with Crippen molar-refractivity contribution in [2.75, 3.05) is 0 Å². The molecule has 5 nitrogen and oxygen atoms in total. The Labute approximate surface area is 344 Å². The van der Waals surface area contributed by atoms with Gasteiger partial charge in [-0.3, -0.25) is 9.59 Å². The maximum atomic E-state index is 12.5. The van der Waals surface area contributed by atoms with Crippen LogP contribution in [0, 0.1) is 6.92 Å². The van der Waals surface area contributed by atoms with Crippen molar-refractivity contribution in [2.45, 2.75) is 144 Å². The second kappa shape index (κ2) is 18.7. The molecule has 0 heterocycles. The summed E-state index contributed by atoms with van der Waals surface area (Å²) < 4.78 is 0. The Bertz CT molecular complexity index is 1790. The first-order chi connectivity index (χ1) is 24.9. The van der Waals surface area contributed by atoms with E-state index < -0.39 is 0 Å². The van der Waals surface area contributed by atoms with E-state index in [4.69, 9.17) is 16.4 Å². The van der Waals surface area contributed by atoms with Crippen LogP contribution in [0.3, 0.4) is 0 Å². The maximum absolute atomic E-state index is 12.5. The van der Waals surface area contributed by atoms with Gasteiger partial charge in [0.2, 0.25) is 0 Å². The van der Waals surface area contributed by atoms with Gasteiger partial charge in [0.05, 0.1) is 0 Å². The van der Waals surface area contributed by atoms with Gasteiger partial charge in [0.1, 0.15) is 0 Å². The molecule has 0 aliphatic carbocycles. The standard InChI is InChI=1S/C25H34NO.C24H33N2O.Ni/c1-9-12-23(27)19-13-10-11-14-21(19)26-22-16-18(24(3,4)5)15-20(17(22)2)25(6,7)8;1-8-11-21(27)17-12-9-10-13-19(17)26-20-15-16(23(2,3)4)14-18(22(20)25)24(5,6)7;/h10-11,13-16H,2,9,12H2,1,3-8H3,(H,26,27);9-10,12-15,25H,8,11H2,1-7H3,(H,26,27);/q2*-1;/p-2. The minimum atomic E-state index is -0.153. The van der Waals surface area contributed by atoms with E-state index in [0.29, 0.717) is 41.0 Å². The topological polar surface area (TPSA) is 86.1 Å². The number of benzene rings is 4. The molecule has 0 unspecified atom stereocenters. The molecule has 0 aliphatic rings. The summed E-state index contributed by atoms with van der Waals surface area (Å²) in [5, 5.41) is 9.69. The predicted molar refractivity (Wildman–Crippen MR) is 233 cm³/mol. The molecule has 4 aromatic rings. The van der Waals surface area contributed by atoms with Crippen molar-refractivity contribution in [3.05, 3.63) is 135 Å². The summed E-state index contributed by atoms with van der Waals surface area (Å²) in [6.07, 6.45) is 2.69. The van der Waals surface area contributed by atoms with Crippen molar-refractivity contribution in [3.63, 3.8) is 0 Å². The van der Waals surface area contributed by atoms with Gasteiger partial charge in [-0.2, -0.15) is 18.3 Å². The van der Waals surface area contributed by atoms with E-state index in [1.807, 2.05) is 68.4 Å². The monoisotopic (exact) mass is 785 g/mol. The quantitative estimate of drug-likeness (QED) is 0.0910. The number of Topliss-reactive ketones (excluding diaryl/α,β-unsaturated/α-hetero) is 2. The zero-order chi connectivity index (χ0) is 40.8. The number of rotatable bonds is 10. The van der Waals surface area contributed by atoms with E-state index in [2.05, 4.69) is 108 Å². The van der Waals surface area contributed by atoms with Gasteiger partial charge in [-0.1, -0.05) is 174 Å². The Morgan fingerprint density at radius 1 is 0.545 bits per heavy atom. The number of para-hydroxylation sites is 2. The summed E-state index contributed by atoms with van der Waals surface area (Å²) in [6.45, 7) is 34.5. The van der Waals surface area contributed by atoms with E-state index in [0.717, 1.165) is 40.9 Å². The average Bonchev–Trinajstić information content (AvgIpc) is 3.05. The number of carbonyl (C=O) groups excluding carboxylic acids is 2. The minimum Gasteiger partial charge on any atom is -0.715 e. The molecule has 4 aromatic carbocycles. The fourth-order valence-corrected chi connectivity index (χ4v) is 6.19. The van der Waals surface area contributed by atoms with Gasteiger partial charge in [0.25, 0.3) is 0 Å². The molecule has 0 fully saturated rings. The molecule has 0 radical (unpaired) electrons. The van der Waals surface area contributed by atoms with Crippen LogP contribution >= 0.6 is 0 Å². The third-order valence-electron chi connectivity index (χ3n) is 9.54. The molecule has 0 amide bonds. The number of ketones is 2. The van der Waals surface area contributed by atoms with Crippen LogP contribution < -0.4 is 0 Å². The van der Waals surface area contributed by atoms with Crippen molar-refractivity contribution in [3.8, 4) is 0 Å². The van der Waals surface area contributed by atoms with Crippen LogP contribution in [0.4, 0.5) is 28.4 Å². The second-order valence-electron chi connectivity index (χ2n) is 18.5. The fraction of sp³-hybridized carbons (Fsp3) is 0.449. The molecule has 55 heavy (non-hydrogen) atoms. The van der Waals surface area contributed by atoms with Gasteiger partial charge in [0, 0.05) is 40.5 Å². The van der Waals surface area contributed by atoms with Crippen LogP contribution in [0.25, 0.3) is 16.4 Å². The number of nitrogens with zero attached hydrogens (tertiary/aromatic N) is 2. The Kier molecular flexibility index (Phi) is 16.1. The van der Waals surface area contributed by atoms with Crippen LogP contribution in [0.15, 0.2) is 72.8 Å². The molecule has 0 atom stereocenters. The molecule has 0 saturated carbocycles. The van der Waals surface area contributed by atoms with Crippen molar-refractivity contribution in [2.24, 2.45) is 0 Å². The average molecular weight is 787 g/mol. The van der Waals surface area contributed by atoms with Gasteiger partial charge < -0.3 is 16.4 Å². The van der Waals surface area contributed by atoms with E-state index in [1.54, 1.807) is 0 Å². The van der Waals surface area contributed by atoms with Gasteiger partial charge in [0.15, 0.2) is 11.6 Å². The third kappa shape index (κ3) is 12.5. The van der Waals surface area contributed by atoms with Crippen molar-refractivity contribution >= 4 is 40.0 Å². The largest absolute Gasteiger partial charge is 0.715 e. The number of hydrogen-bond donors (Lipinski definition) is 0. The minimum absolute atomic E-state index is 0. The normalized spacial score (nSPS) is 11.9. The Morgan fingerprint density at radius 3 is 1.29 bits per heavy atom. The van der Waals surface area contributed by atoms with Gasteiger partial charge in [-0.25, -0.2) is 11.3 Å². The molecule has 302 valence electrons. The van der Waals surface area contributed by atoms with E-state index in [1.165, 1.54) is 11.1 Å². The van der Waals surface area contributed by atoms with Crippen LogP contribution in [-0.2, 0) is 38.2 Å². The summed E-state index contributed by atoms with van der Waals surface area (Å²) in [5.41, 5.74) is 18.6. The zero-order valence-electron chi connectivity index (χ0n) is 36.0. The molecular formula is C49H65N3NiO2-4. The molecular weight excluding hydrogens is 721 g/mol. The van der Waals surface area contributed by atoms with Gasteiger partial charge >= 0.3 is 0 Å². The van der Waals surface area contributed by atoms with Gasteiger partial charge in [-0.05, 0) is 34.7 Å². The number of nitrogens with one attached hydrogen (secondary N) is 1. The maximum Gasteiger partial charge on any atom is 0.161 e. The molecule has 0 aromatic heterocycles. The first-order valence-corrected chi connectivity index (χ1v) is 19.5.